The van der Waals surface area contributed by atoms with Crippen LogP contribution in [0.25, 0.3) is 0 Å². The van der Waals surface area contributed by atoms with Crippen LogP contribution < -0.4 is 0 Å². The first-order valence-corrected chi connectivity index (χ1v) is 6.60. The van der Waals surface area contributed by atoms with Crippen LogP contribution in [-0.4, -0.2) is 34.2 Å². The molecule has 1 aliphatic rings. The zero-order chi connectivity index (χ0) is 11.4. The maximum atomic E-state index is 4.15. The molecule has 3 nitrogen and oxygen atoms in total. The number of fused-ring (bicyclic) bond motifs is 1. The van der Waals surface area contributed by atoms with Crippen molar-refractivity contribution in [1.29, 1.82) is 0 Å². The van der Waals surface area contributed by atoms with Crippen molar-refractivity contribution in [1.82, 2.24) is 15.1 Å². The average molecular weight is 221 g/mol. The van der Waals surface area contributed by atoms with Gasteiger partial charge < -0.3 is 4.90 Å². The van der Waals surface area contributed by atoms with Gasteiger partial charge in [0.1, 0.15) is 0 Å². The minimum Gasteiger partial charge on any atom is -0.300 e. The first-order chi connectivity index (χ1) is 7.85. The molecule has 0 aliphatic heterocycles. The van der Waals surface area contributed by atoms with Gasteiger partial charge >= 0.3 is 0 Å². The number of aryl methyl sites for hydroxylation is 1. The minimum atomic E-state index is 0.729. The van der Waals surface area contributed by atoms with Gasteiger partial charge in [-0.15, -0.1) is 0 Å². The molecule has 1 heterocycles. The normalized spacial score (nSPS) is 20.1. The molecular weight excluding hydrogens is 198 g/mol. The molecule has 2 rings (SSSR count). The van der Waals surface area contributed by atoms with E-state index in [4.69, 9.17) is 0 Å². The number of H-pyrrole nitrogens is 1. The molecule has 90 valence electrons. The molecule has 0 radical (unpaired) electrons. The van der Waals surface area contributed by atoms with Crippen LogP contribution in [0, 0.1) is 0 Å². The number of hydrogen-bond acceptors (Lipinski definition) is 2. The van der Waals surface area contributed by atoms with Crippen LogP contribution in [0.2, 0.25) is 0 Å². The van der Waals surface area contributed by atoms with Crippen LogP contribution in [0.5, 0.6) is 0 Å². The van der Waals surface area contributed by atoms with Gasteiger partial charge in [0.25, 0.3) is 0 Å². The number of aromatic amines is 1. The number of nitrogens with one attached hydrogen (secondary N) is 1. The van der Waals surface area contributed by atoms with Gasteiger partial charge in [-0.1, -0.05) is 13.8 Å². The van der Waals surface area contributed by atoms with E-state index in [-0.39, 0.29) is 0 Å². The average Bonchev–Trinajstić information content (AvgIpc) is 2.75. The summed E-state index contributed by atoms with van der Waals surface area (Å²) < 4.78 is 0. The molecule has 0 bridgehead atoms. The highest BCUT2D eigenvalue weighted by molar-refractivity contribution is 5.20. The summed E-state index contributed by atoms with van der Waals surface area (Å²) in [7, 11) is 0. The molecule has 1 atom stereocenters. The highest BCUT2D eigenvalue weighted by Gasteiger charge is 2.24. The van der Waals surface area contributed by atoms with E-state index in [0.717, 1.165) is 12.5 Å². The molecule has 0 amide bonds. The van der Waals surface area contributed by atoms with Crippen LogP contribution in [-0.2, 0) is 12.8 Å². The van der Waals surface area contributed by atoms with Gasteiger partial charge in [-0.25, -0.2) is 0 Å². The molecule has 0 fully saturated rings. The van der Waals surface area contributed by atoms with Crippen molar-refractivity contribution in [3.05, 3.63) is 17.5 Å². The Labute approximate surface area is 98.2 Å². The third-order valence-corrected chi connectivity index (χ3v) is 3.53. The second-order valence-corrected chi connectivity index (χ2v) is 4.81. The fourth-order valence-corrected chi connectivity index (χ4v) is 2.75. The summed E-state index contributed by atoms with van der Waals surface area (Å²) in [6.45, 7) is 7.02. The molecule has 1 aliphatic carbocycles. The lowest BCUT2D eigenvalue weighted by atomic mass is 9.92. The Hall–Kier alpha value is -0.830. The second-order valence-electron chi connectivity index (χ2n) is 4.81. The summed E-state index contributed by atoms with van der Waals surface area (Å²) in [5.41, 5.74) is 2.80. The molecule has 0 unspecified atom stereocenters. The van der Waals surface area contributed by atoms with Crippen molar-refractivity contribution in [2.75, 3.05) is 13.1 Å². The van der Waals surface area contributed by atoms with Crippen molar-refractivity contribution in [2.45, 2.75) is 52.0 Å². The van der Waals surface area contributed by atoms with E-state index in [1.165, 1.54) is 50.0 Å². The third kappa shape index (κ3) is 2.46. The SMILES string of the molecule is CCCN(CCC)[C@@H]1CCc2cn[nH]c2C1. The summed E-state index contributed by atoms with van der Waals surface area (Å²) in [4.78, 5) is 2.66. The summed E-state index contributed by atoms with van der Waals surface area (Å²) in [5, 5.41) is 7.30. The highest BCUT2D eigenvalue weighted by atomic mass is 15.2. The summed E-state index contributed by atoms with van der Waals surface area (Å²) >= 11 is 0. The summed E-state index contributed by atoms with van der Waals surface area (Å²) in [6, 6.07) is 0.729. The third-order valence-electron chi connectivity index (χ3n) is 3.53. The van der Waals surface area contributed by atoms with E-state index in [1.54, 1.807) is 0 Å². The molecule has 1 aromatic heterocycles. The van der Waals surface area contributed by atoms with Crippen molar-refractivity contribution in [2.24, 2.45) is 0 Å². The van der Waals surface area contributed by atoms with E-state index < -0.39 is 0 Å². The Bertz CT molecular complexity index is 313. The van der Waals surface area contributed by atoms with Crippen LogP contribution in [0.4, 0.5) is 0 Å². The van der Waals surface area contributed by atoms with E-state index in [1.807, 2.05) is 6.20 Å². The van der Waals surface area contributed by atoms with Crippen LogP contribution >= 0.6 is 0 Å². The van der Waals surface area contributed by atoms with Crippen molar-refractivity contribution in [3.8, 4) is 0 Å². The molecule has 1 N–H and O–H groups in total. The lowest BCUT2D eigenvalue weighted by Gasteiger charge is -2.33. The van der Waals surface area contributed by atoms with Gasteiger partial charge in [-0.05, 0) is 44.3 Å². The summed E-state index contributed by atoms with van der Waals surface area (Å²) in [5.74, 6) is 0. The molecule has 0 saturated carbocycles. The summed E-state index contributed by atoms with van der Waals surface area (Å²) in [6.07, 6.45) is 8.16. The molecule has 0 aromatic carbocycles. The van der Waals surface area contributed by atoms with E-state index in [2.05, 4.69) is 28.9 Å². The van der Waals surface area contributed by atoms with Gasteiger partial charge in [0, 0.05) is 18.2 Å². The number of aromatic nitrogens is 2. The lowest BCUT2D eigenvalue weighted by molar-refractivity contribution is 0.179. The van der Waals surface area contributed by atoms with Crippen molar-refractivity contribution in [3.63, 3.8) is 0 Å². The molecule has 16 heavy (non-hydrogen) atoms. The lowest BCUT2D eigenvalue weighted by Crippen LogP contribution is -2.40. The Morgan fingerprint density at radius 2 is 2.12 bits per heavy atom. The largest absolute Gasteiger partial charge is 0.300 e. The second kappa shape index (κ2) is 5.48. The van der Waals surface area contributed by atoms with Crippen molar-refractivity contribution < 1.29 is 0 Å². The van der Waals surface area contributed by atoms with Crippen LogP contribution in [0.15, 0.2) is 6.20 Å². The fraction of sp³-hybridized carbons (Fsp3) is 0.769. The fourth-order valence-electron chi connectivity index (χ4n) is 2.75. The Morgan fingerprint density at radius 3 is 2.81 bits per heavy atom. The Morgan fingerprint density at radius 1 is 1.38 bits per heavy atom. The monoisotopic (exact) mass is 221 g/mol. The molecule has 0 spiro atoms. The predicted octanol–water partition coefficient (Wildman–Crippen LogP) is 2.39. The zero-order valence-corrected chi connectivity index (χ0v) is 10.5. The van der Waals surface area contributed by atoms with Gasteiger partial charge in [-0.3, -0.25) is 5.10 Å². The maximum Gasteiger partial charge on any atom is 0.0522 e. The number of nitrogens with zero attached hydrogens (tertiary/aromatic N) is 2. The van der Waals surface area contributed by atoms with E-state index in [9.17, 15) is 0 Å². The number of hydrogen-bond donors (Lipinski definition) is 1. The topological polar surface area (TPSA) is 31.9 Å². The number of rotatable bonds is 5. The van der Waals surface area contributed by atoms with Gasteiger partial charge in [0.05, 0.1) is 6.20 Å². The minimum absolute atomic E-state index is 0.729. The van der Waals surface area contributed by atoms with E-state index in [0.29, 0.717) is 0 Å². The van der Waals surface area contributed by atoms with Gasteiger partial charge in [0.15, 0.2) is 0 Å². The van der Waals surface area contributed by atoms with Crippen LogP contribution in [0.1, 0.15) is 44.4 Å². The van der Waals surface area contributed by atoms with Crippen LogP contribution in [0.3, 0.4) is 0 Å². The Balaban J connectivity index is 2.00. The molecule has 0 saturated heterocycles. The standard InChI is InChI=1S/C13H23N3/c1-3-7-16(8-4-2)12-6-5-11-10-14-15-13(11)9-12/h10,12H,3-9H2,1-2H3,(H,14,15)/t12-/m1/s1. The van der Waals surface area contributed by atoms with Crippen molar-refractivity contribution >= 4 is 0 Å². The first kappa shape index (κ1) is 11.6. The maximum absolute atomic E-state index is 4.15. The zero-order valence-electron chi connectivity index (χ0n) is 10.5. The predicted molar refractivity (Wildman–Crippen MR) is 66.6 cm³/mol. The molecule has 3 heteroatoms. The Kier molecular flexibility index (Phi) is 3.99. The van der Waals surface area contributed by atoms with Gasteiger partial charge in [-0.2, -0.15) is 5.10 Å². The van der Waals surface area contributed by atoms with Gasteiger partial charge in [0.2, 0.25) is 0 Å². The quantitative estimate of drug-likeness (QED) is 0.828. The molecule has 1 aromatic rings. The smallest absolute Gasteiger partial charge is 0.0522 e. The first-order valence-electron chi connectivity index (χ1n) is 6.60. The highest BCUT2D eigenvalue weighted by Crippen LogP contribution is 2.23. The van der Waals surface area contributed by atoms with E-state index >= 15 is 0 Å². The molecular formula is C13H23N3.